The molecule has 6 heteroatoms. The first-order valence-electron chi connectivity index (χ1n) is 6.64. The van der Waals surface area contributed by atoms with E-state index in [4.69, 9.17) is 9.84 Å². The highest BCUT2D eigenvalue weighted by atomic mass is 19.1. The molecule has 0 aromatic heterocycles. The fourth-order valence-corrected chi connectivity index (χ4v) is 2.31. The Morgan fingerprint density at radius 3 is 2.35 bits per heavy atom. The number of halogens is 1. The van der Waals surface area contributed by atoms with Crippen LogP contribution in [0.25, 0.3) is 0 Å². The average Bonchev–Trinajstić information content (AvgIpc) is 2.73. The van der Waals surface area contributed by atoms with E-state index in [0.717, 1.165) is 5.56 Å². The summed E-state index contributed by atoms with van der Waals surface area (Å²) in [6, 6.07) is 6.10. The van der Waals surface area contributed by atoms with Gasteiger partial charge in [0.05, 0.1) is 12.7 Å². The Morgan fingerprint density at radius 2 is 1.80 bits per heavy atom. The van der Waals surface area contributed by atoms with Crippen LogP contribution in [0.4, 0.5) is 4.39 Å². The standard InChI is InChI=1S/C14H20FNO4/c1-8(9-2-4-10(15)5-3-9)16-6-11-13(18)14(19)12(7-17)20-11/h2-5,8,11-14,16-19H,6-7H2,1H3/t8-,11+,12+,13+,14+/m0/s1. The van der Waals surface area contributed by atoms with Crippen molar-refractivity contribution in [1.29, 1.82) is 0 Å². The summed E-state index contributed by atoms with van der Waals surface area (Å²) < 4.78 is 18.2. The SMILES string of the molecule is C[C@H](NC[C@H]1O[C@H](CO)[C@@H](O)[C@@H]1O)c1ccc(F)cc1. The summed E-state index contributed by atoms with van der Waals surface area (Å²) in [5.41, 5.74) is 0.915. The van der Waals surface area contributed by atoms with Crippen LogP contribution in [0.15, 0.2) is 24.3 Å². The molecule has 20 heavy (non-hydrogen) atoms. The maximum absolute atomic E-state index is 12.8. The number of nitrogens with one attached hydrogen (secondary N) is 1. The monoisotopic (exact) mass is 285 g/mol. The van der Waals surface area contributed by atoms with Crippen LogP contribution in [-0.4, -0.2) is 52.9 Å². The van der Waals surface area contributed by atoms with Gasteiger partial charge in [-0.2, -0.15) is 0 Å². The zero-order chi connectivity index (χ0) is 14.7. The molecule has 1 fully saturated rings. The van der Waals surface area contributed by atoms with Crippen molar-refractivity contribution in [2.45, 2.75) is 37.4 Å². The molecule has 1 aromatic rings. The van der Waals surface area contributed by atoms with E-state index in [0.29, 0.717) is 6.54 Å². The van der Waals surface area contributed by atoms with Crippen molar-refractivity contribution >= 4 is 0 Å². The summed E-state index contributed by atoms with van der Waals surface area (Å²) in [6.45, 7) is 1.91. The number of aliphatic hydroxyl groups excluding tert-OH is 3. The zero-order valence-electron chi connectivity index (χ0n) is 11.2. The van der Waals surface area contributed by atoms with Crippen LogP contribution in [0.2, 0.25) is 0 Å². The molecule has 2 rings (SSSR count). The normalized spacial score (nSPS) is 31.4. The molecule has 0 aliphatic carbocycles. The van der Waals surface area contributed by atoms with E-state index >= 15 is 0 Å². The Morgan fingerprint density at radius 1 is 1.20 bits per heavy atom. The molecular weight excluding hydrogens is 265 g/mol. The predicted molar refractivity (Wildman–Crippen MR) is 70.6 cm³/mol. The van der Waals surface area contributed by atoms with Crippen LogP contribution < -0.4 is 5.32 Å². The second kappa shape index (κ2) is 6.60. The van der Waals surface area contributed by atoms with Crippen molar-refractivity contribution in [2.24, 2.45) is 0 Å². The third-order valence-corrected chi connectivity index (χ3v) is 3.64. The number of ether oxygens (including phenoxy) is 1. The van der Waals surface area contributed by atoms with Crippen molar-refractivity contribution in [3.63, 3.8) is 0 Å². The lowest BCUT2D eigenvalue weighted by atomic mass is 10.1. The van der Waals surface area contributed by atoms with Gasteiger partial charge in [-0.15, -0.1) is 0 Å². The number of benzene rings is 1. The quantitative estimate of drug-likeness (QED) is 0.610. The Bertz CT molecular complexity index is 428. The molecule has 112 valence electrons. The molecule has 0 bridgehead atoms. The molecule has 0 radical (unpaired) electrons. The van der Waals surface area contributed by atoms with Gasteiger partial charge in [0.15, 0.2) is 0 Å². The van der Waals surface area contributed by atoms with E-state index < -0.39 is 24.4 Å². The molecule has 1 heterocycles. The Hall–Kier alpha value is -1.05. The van der Waals surface area contributed by atoms with Crippen LogP contribution >= 0.6 is 0 Å². The van der Waals surface area contributed by atoms with Gasteiger partial charge < -0.3 is 25.4 Å². The van der Waals surface area contributed by atoms with Crippen molar-refractivity contribution in [2.75, 3.05) is 13.2 Å². The molecule has 0 amide bonds. The molecular formula is C14H20FNO4. The summed E-state index contributed by atoms with van der Waals surface area (Å²) in [5, 5.41) is 31.6. The summed E-state index contributed by atoms with van der Waals surface area (Å²) in [4.78, 5) is 0. The van der Waals surface area contributed by atoms with Crippen molar-refractivity contribution in [3.8, 4) is 0 Å². The van der Waals surface area contributed by atoms with Gasteiger partial charge in [-0.05, 0) is 24.6 Å². The van der Waals surface area contributed by atoms with Gasteiger partial charge in [0.1, 0.15) is 24.1 Å². The lowest BCUT2D eigenvalue weighted by molar-refractivity contribution is -0.0218. The third kappa shape index (κ3) is 3.34. The molecule has 5 atom stereocenters. The van der Waals surface area contributed by atoms with Crippen LogP contribution in [0.3, 0.4) is 0 Å². The van der Waals surface area contributed by atoms with Gasteiger partial charge in [0.2, 0.25) is 0 Å². The molecule has 5 nitrogen and oxygen atoms in total. The van der Waals surface area contributed by atoms with E-state index in [1.165, 1.54) is 12.1 Å². The highest BCUT2D eigenvalue weighted by molar-refractivity contribution is 5.19. The fraction of sp³-hybridized carbons (Fsp3) is 0.571. The third-order valence-electron chi connectivity index (χ3n) is 3.64. The maximum atomic E-state index is 12.8. The maximum Gasteiger partial charge on any atom is 0.123 e. The minimum Gasteiger partial charge on any atom is -0.394 e. The van der Waals surface area contributed by atoms with Crippen LogP contribution in [0.1, 0.15) is 18.5 Å². The lowest BCUT2D eigenvalue weighted by Crippen LogP contribution is -2.38. The second-order valence-electron chi connectivity index (χ2n) is 5.06. The molecule has 1 aliphatic rings. The summed E-state index contributed by atoms with van der Waals surface area (Å²) >= 11 is 0. The Labute approximate surface area is 117 Å². The molecule has 0 unspecified atom stereocenters. The molecule has 0 spiro atoms. The minimum atomic E-state index is -1.08. The van der Waals surface area contributed by atoms with E-state index in [2.05, 4.69) is 5.32 Å². The summed E-state index contributed by atoms with van der Waals surface area (Å²) in [5.74, 6) is -0.288. The Balaban J connectivity index is 1.87. The average molecular weight is 285 g/mol. The number of hydrogen-bond acceptors (Lipinski definition) is 5. The van der Waals surface area contributed by atoms with Gasteiger partial charge in [-0.3, -0.25) is 0 Å². The van der Waals surface area contributed by atoms with E-state index in [-0.39, 0.29) is 18.5 Å². The fourth-order valence-electron chi connectivity index (χ4n) is 2.31. The van der Waals surface area contributed by atoms with E-state index in [9.17, 15) is 14.6 Å². The van der Waals surface area contributed by atoms with Crippen molar-refractivity contribution in [1.82, 2.24) is 5.32 Å². The predicted octanol–water partition coefficient (Wildman–Crippen LogP) is -0.0422. The molecule has 4 N–H and O–H groups in total. The largest absolute Gasteiger partial charge is 0.394 e. The lowest BCUT2D eigenvalue weighted by Gasteiger charge is -2.19. The Kier molecular flexibility index (Phi) is 5.06. The second-order valence-corrected chi connectivity index (χ2v) is 5.06. The first kappa shape index (κ1) is 15.3. The van der Waals surface area contributed by atoms with Crippen LogP contribution in [-0.2, 0) is 4.74 Å². The van der Waals surface area contributed by atoms with Crippen molar-refractivity contribution < 1.29 is 24.4 Å². The number of rotatable bonds is 5. The zero-order valence-corrected chi connectivity index (χ0v) is 11.2. The van der Waals surface area contributed by atoms with E-state index in [1.807, 2.05) is 6.92 Å². The summed E-state index contributed by atoms with van der Waals surface area (Å²) in [7, 11) is 0. The number of aliphatic hydroxyl groups is 3. The van der Waals surface area contributed by atoms with Crippen LogP contribution in [0.5, 0.6) is 0 Å². The number of hydrogen-bond donors (Lipinski definition) is 4. The van der Waals surface area contributed by atoms with Gasteiger partial charge in [-0.25, -0.2) is 4.39 Å². The molecule has 1 aromatic carbocycles. The van der Waals surface area contributed by atoms with Crippen molar-refractivity contribution in [3.05, 3.63) is 35.6 Å². The van der Waals surface area contributed by atoms with Crippen LogP contribution in [0, 0.1) is 5.82 Å². The van der Waals surface area contributed by atoms with E-state index in [1.54, 1.807) is 12.1 Å². The summed E-state index contributed by atoms with van der Waals surface area (Å²) in [6.07, 6.45) is -3.43. The smallest absolute Gasteiger partial charge is 0.123 e. The molecule has 1 saturated heterocycles. The van der Waals surface area contributed by atoms with Gasteiger partial charge in [0, 0.05) is 12.6 Å². The van der Waals surface area contributed by atoms with Gasteiger partial charge in [0.25, 0.3) is 0 Å². The van der Waals surface area contributed by atoms with Gasteiger partial charge >= 0.3 is 0 Å². The first-order chi connectivity index (χ1) is 9.52. The molecule has 0 saturated carbocycles. The first-order valence-corrected chi connectivity index (χ1v) is 6.64. The topological polar surface area (TPSA) is 82.0 Å². The van der Waals surface area contributed by atoms with Gasteiger partial charge in [-0.1, -0.05) is 12.1 Å². The highest BCUT2D eigenvalue weighted by Gasteiger charge is 2.41. The minimum absolute atomic E-state index is 0.0447. The molecule has 1 aliphatic heterocycles. The highest BCUT2D eigenvalue weighted by Crippen LogP contribution is 2.21.